The molecule has 1 fully saturated rings. The van der Waals surface area contributed by atoms with Crippen molar-refractivity contribution in [2.24, 2.45) is 0 Å². The maximum Gasteiger partial charge on any atom is 0.254 e. The third kappa shape index (κ3) is 3.76. The van der Waals surface area contributed by atoms with Crippen molar-refractivity contribution >= 4 is 27.5 Å². The quantitative estimate of drug-likeness (QED) is 0.560. The summed E-state index contributed by atoms with van der Waals surface area (Å²) in [6.07, 6.45) is 1.30. The first kappa shape index (κ1) is 18.0. The van der Waals surface area contributed by atoms with Crippen LogP contribution in [0.4, 0.5) is 0 Å². The first-order valence-corrected chi connectivity index (χ1v) is 10.4. The molecule has 2 aromatic carbocycles. The predicted molar refractivity (Wildman–Crippen MR) is 110 cm³/mol. The van der Waals surface area contributed by atoms with E-state index in [2.05, 4.69) is 28.4 Å². The number of hydrogen-bond acceptors (Lipinski definition) is 6. The second kappa shape index (κ2) is 7.73. The van der Waals surface area contributed by atoms with Gasteiger partial charge < -0.3 is 14.2 Å². The number of piperazine rings is 1. The van der Waals surface area contributed by atoms with Gasteiger partial charge in [0.1, 0.15) is 11.6 Å². The first-order chi connectivity index (χ1) is 14.3. The third-order valence-electron chi connectivity index (χ3n) is 5.24. The molecule has 1 aliphatic rings. The average Bonchev–Trinajstić information content (AvgIpc) is 3.43. The van der Waals surface area contributed by atoms with E-state index >= 15 is 0 Å². The predicted octanol–water partition coefficient (Wildman–Crippen LogP) is 1.89. The lowest BCUT2D eigenvalue weighted by Gasteiger charge is -2.31. The molecule has 1 N–H and O–H groups in total. The van der Waals surface area contributed by atoms with Crippen LogP contribution < -0.4 is 4.90 Å². The van der Waals surface area contributed by atoms with Crippen molar-refractivity contribution in [2.45, 2.75) is 6.54 Å². The van der Waals surface area contributed by atoms with Gasteiger partial charge in [0.15, 0.2) is 0 Å². The number of aromatic nitrogens is 3. The third-order valence-corrected chi connectivity index (χ3v) is 6.27. The summed E-state index contributed by atoms with van der Waals surface area (Å²) in [5.74, 6) is 0.525. The molecule has 1 saturated heterocycles. The number of benzene rings is 2. The molecule has 29 heavy (non-hydrogen) atoms. The number of thiazole rings is 1. The molecule has 3 heterocycles. The van der Waals surface area contributed by atoms with Crippen LogP contribution in [0.3, 0.4) is 0 Å². The van der Waals surface area contributed by atoms with E-state index in [-0.39, 0.29) is 5.91 Å². The fourth-order valence-corrected chi connectivity index (χ4v) is 4.69. The number of carbonyl (C=O) groups excluding carboxylic acids is 1. The second-order valence-corrected chi connectivity index (χ2v) is 8.23. The van der Waals surface area contributed by atoms with E-state index in [1.807, 2.05) is 35.2 Å². The number of rotatable bonds is 4. The largest absolute Gasteiger partial charge is 0.423 e. The van der Waals surface area contributed by atoms with E-state index in [0.29, 0.717) is 11.5 Å². The Bertz CT molecular complexity index is 1080. The fraction of sp³-hybridized carbons (Fsp3) is 0.238. The molecular formula is C21H20N5O2S+. The molecular weight excluding hydrogens is 386 g/mol. The monoisotopic (exact) mass is 406 g/mol. The van der Waals surface area contributed by atoms with E-state index in [1.165, 1.54) is 16.0 Å². The fourth-order valence-electron chi connectivity index (χ4n) is 3.65. The zero-order valence-corrected chi connectivity index (χ0v) is 16.6. The van der Waals surface area contributed by atoms with Gasteiger partial charge in [-0.3, -0.25) is 4.79 Å². The zero-order chi connectivity index (χ0) is 19.6. The van der Waals surface area contributed by atoms with Crippen LogP contribution in [0.1, 0.15) is 15.4 Å². The first-order valence-electron chi connectivity index (χ1n) is 9.60. The molecule has 0 aliphatic carbocycles. The van der Waals surface area contributed by atoms with Gasteiger partial charge in [-0.2, -0.15) is 0 Å². The molecule has 0 atom stereocenters. The van der Waals surface area contributed by atoms with Crippen LogP contribution in [0.15, 0.2) is 59.3 Å². The number of fused-ring (bicyclic) bond motifs is 1. The van der Waals surface area contributed by atoms with Crippen molar-refractivity contribution in [2.75, 3.05) is 26.2 Å². The van der Waals surface area contributed by atoms with Crippen molar-refractivity contribution in [3.63, 3.8) is 0 Å². The molecule has 0 bridgehead atoms. The van der Waals surface area contributed by atoms with Crippen LogP contribution in [-0.2, 0) is 6.54 Å². The van der Waals surface area contributed by atoms with Gasteiger partial charge in [0.25, 0.3) is 5.91 Å². The summed E-state index contributed by atoms with van der Waals surface area (Å²) in [6.45, 7) is 4.29. The molecule has 0 saturated carbocycles. The number of carbonyl (C=O) groups is 1. The maximum atomic E-state index is 12.8. The van der Waals surface area contributed by atoms with Crippen LogP contribution in [0.25, 0.3) is 21.7 Å². The number of quaternary nitrogens is 1. The summed E-state index contributed by atoms with van der Waals surface area (Å²) < 4.78 is 6.43. The lowest BCUT2D eigenvalue weighted by molar-refractivity contribution is -0.917. The molecule has 4 aromatic rings. The molecule has 0 spiro atoms. The molecule has 2 aromatic heterocycles. The highest BCUT2D eigenvalue weighted by atomic mass is 32.1. The summed E-state index contributed by atoms with van der Waals surface area (Å²) in [5, 5.41) is 8.73. The second-order valence-electron chi connectivity index (χ2n) is 7.12. The minimum absolute atomic E-state index is 0.0705. The number of para-hydroxylation sites is 1. The number of hydrogen-bond donors (Lipinski definition) is 1. The van der Waals surface area contributed by atoms with E-state index in [0.717, 1.165) is 48.8 Å². The summed E-state index contributed by atoms with van der Waals surface area (Å²) >= 11 is 1.77. The number of nitrogens with zero attached hydrogens (tertiary/aromatic N) is 4. The van der Waals surface area contributed by atoms with E-state index in [9.17, 15) is 4.79 Å². The molecule has 1 amide bonds. The van der Waals surface area contributed by atoms with Gasteiger partial charge in [-0.15, -0.1) is 21.5 Å². The SMILES string of the molecule is O=C(c1ccc(-c2nnco2)cc1)N1CC[NH+](Cc2nc3ccccc3s2)CC1. The van der Waals surface area contributed by atoms with Crippen molar-refractivity contribution < 1.29 is 14.1 Å². The Morgan fingerprint density at radius 2 is 1.90 bits per heavy atom. The van der Waals surface area contributed by atoms with Crippen molar-refractivity contribution in [1.29, 1.82) is 0 Å². The highest BCUT2D eigenvalue weighted by Gasteiger charge is 2.25. The summed E-state index contributed by atoms with van der Waals surface area (Å²) in [7, 11) is 0. The zero-order valence-electron chi connectivity index (χ0n) is 15.7. The van der Waals surface area contributed by atoms with Crippen LogP contribution >= 0.6 is 11.3 Å². The Labute approximate surface area is 171 Å². The van der Waals surface area contributed by atoms with Crippen molar-refractivity contribution in [3.05, 3.63) is 65.5 Å². The summed E-state index contributed by atoms with van der Waals surface area (Å²) in [5.41, 5.74) is 2.57. The van der Waals surface area contributed by atoms with Gasteiger partial charge in [0.2, 0.25) is 12.3 Å². The Kier molecular flexibility index (Phi) is 4.79. The van der Waals surface area contributed by atoms with Gasteiger partial charge in [0, 0.05) is 11.1 Å². The summed E-state index contributed by atoms with van der Waals surface area (Å²) in [6, 6.07) is 15.6. The van der Waals surface area contributed by atoms with Gasteiger partial charge in [0.05, 0.1) is 36.4 Å². The molecule has 8 heteroatoms. The molecule has 0 radical (unpaired) electrons. The highest BCUT2D eigenvalue weighted by molar-refractivity contribution is 7.18. The van der Waals surface area contributed by atoms with Crippen molar-refractivity contribution in [3.8, 4) is 11.5 Å². The highest BCUT2D eigenvalue weighted by Crippen LogP contribution is 2.21. The average molecular weight is 406 g/mol. The van der Waals surface area contributed by atoms with Crippen LogP contribution in [0.2, 0.25) is 0 Å². The smallest absolute Gasteiger partial charge is 0.254 e. The maximum absolute atomic E-state index is 12.8. The van der Waals surface area contributed by atoms with Crippen LogP contribution in [0, 0.1) is 0 Å². The Hall–Kier alpha value is -3.10. The van der Waals surface area contributed by atoms with Gasteiger partial charge >= 0.3 is 0 Å². The number of nitrogens with one attached hydrogen (secondary N) is 1. The van der Waals surface area contributed by atoms with E-state index < -0.39 is 0 Å². The normalized spacial score (nSPS) is 15.1. The van der Waals surface area contributed by atoms with Gasteiger partial charge in [-0.25, -0.2) is 4.98 Å². The Morgan fingerprint density at radius 1 is 1.10 bits per heavy atom. The van der Waals surface area contributed by atoms with Crippen molar-refractivity contribution in [1.82, 2.24) is 20.1 Å². The lowest BCUT2D eigenvalue weighted by atomic mass is 10.1. The Morgan fingerprint density at radius 3 is 2.62 bits per heavy atom. The standard InChI is InChI=1S/C21H19N5O2S/c27-21(16-7-5-15(6-8-16)20-24-22-14-28-20)26-11-9-25(10-12-26)13-19-23-17-3-1-2-4-18(17)29-19/h1-8,14H,9-13H2/p+1. The molecule has 0 unspecified atom stereocenters. The van der Waals surface area contributed by atoms with Gasteiger partial charge in [-0.05, 0) is 36.4 Å². The topological polar surface area (TPSA) is 76.6 Å². The minimum Gasteiger partial charge on any atom is -0.423 e. The lowest BCUT2D eigenvalue weighted by Crippen LogP contribution is -3.13. The van der Waals surface area contributed by atoms with E-state index in [1.54, 1.807) is 11.3 Å². The molecule has 7 nitrogen and oxygen atoms in total. The molecule has 146 valence electrons. The minimum atomic E-state index is 0.0705. The Balaban J connectivity index is 1.19. The molecule has 1 aliphatic heterocycles. The summed E-state index contributed by atoms with van der Waals surface area (Å²) in [4.78, 5) is 21.0. The van der Waals surface area contributed by atoms with E-state index in [4.69, 9.17) is 9.40 Å². The van der Waals surface area contributed by atoms with Crippen LogP contribution in [-0.4, -0.2) is 52.2 Å². The van der Waals surface area contributed by atoms with Crippen LogP contribution in [0.5, 0.6) is 0 Å². The van der Waals surface area contributed by atoms with Gasteiger partial charge in [-0.1, -0.05) is 12.1 Å². The number of amides is 1. The molecule has 5 rings (SSSR count).